The third-order valence-electron chi connectivity index (χ3n) is 4.77. The van der Waals surface area contributed by atoms with Gasteiger partial charge in [0.05, 0.1) is 6.54 Å². The van der Waals surface area contributed by atoms with Crippen molar-refractivity contribution in [2.45, 2.75) is 64.1 Å². The van der Waals surface area contributed by atoms with E-state index in [1.165, 1.54) is 49.4 Å². The first-order valence-electron chi connectivity index (χ1n) is 7.61. The molecule has 1 spiro atoms. The van der Waals surface area contributed by atoms with Gasteiger partial charge in [-0.05, 0) is 26.2 Å². The number of hydrogen-bond donors (Lipinski definition) is 1. The average Bonchev–Trinajstić information content (AvgIpc) is 3.00. The molecule has 0 aromatic carbocycles. The van der Waals surface area contributed by atoms with Crippen LogP contribution in [0.15, 0.2) is 5.38 Å². The number of piperazine rings is 1. The molecular weight excluding hydrogens is 254 g/mol. The van der Waals surface area contributed by atoms with E-state index < -0.39 is 0 Å². The van der Waals surface area contributed by atoms with Gasteiger partial charge in [-0.15, -0.1) is 11.3 Å². The summed E-state index contributed by atoms with van der Waals surface area (Å²) in [6.07, 6.45) is 6.74. The summed E-state index contributed by atoms with van der Waals surface area (Å²) < 4.78 is 0. The molecule has 1 aliphatic carbocycles. The largest absolute Gasteiger partial charge is 0.308 e. The van der Waals surface area contributed by atoms with Gasteiger partial charge in [0.1, 0.15) is 5.01 Å². The van der Waals surface area contributed by atoms with Crippen LogP contribution in [0.25, 0.3) is 0 Å². The molecule has 0 amide bonds. The first-order valence-corrected chi connectivity index (χ1v) is 8.49. The second kappa shape index (κ2) is 5.51. The van der Waals surface area contributed by atoms with Crippen molar-refractivity contribution in [3.05, 3.63) is 16.1 Å². The predicted octanol–water partition coefficient (Wildman–Crippen LogP) is 2.95. The van der Waals surface area contributed by atoms with E-state index in [-0.39, 0.29) is 0 Å². The molecule has 1 saturated heterocycles. The van der Waals surface area contributed by atoms with Crippen LogP contribution < -0.4 is 5.32 Å². The highest BCUT2D eigenvalue weighted by Crippen LogP contribution is 2.34. The normalized spacial score (nSPS) is 27.2. The fraction of sp³-hybridized carbons (Fsp3) is 0.800. The van der Waals surface area contributed by atoms with Crippen molar-refractivity contribution in [3.8, 4) is 0 Å². The monoisotopic (exact) mass is 279 g/mol. The van der Waals surface area contributed by atoms with Crippen molar-refractivity contribution in [3.63, 3.8) is 0 Å². The molecule has 4 heteroatoms. The molecule has 2 fully saturated rings. The molecule has 0 radical (unpaired) electrons. The van der Waals surface area contributed by atoms with E-state index in [0.29, 0.717) is 11.6 Å². The first kappa shape index (κ1) is 13.5. The van der Waals surface area contributed by atoms with Gasteiger partial charge in [-0.2, -0.15) is 0 Å². The van der Waals surface area contributed by atoms with Gasteiger partial charge in [-0.1, -0.05) is 19.8 Å². The molecule has 1 aromatic heterocycles. The second-order valence-corrected chi connectivity index (χ2v) is 7.16. The molecular formula is C15H25N3S. The van der Waals surface area contributed by atoms with E-state index >= 15 is 0 Å². The van der Waals surface area contributed by atoms with Crippen LogP contribution in [0, 0.1) is 6.92 Å². The van der Waals surface area contributed by atoms with Crippen LogP contribution in [0.2, 0.25) is 0 Å². The van der Waals surface area contributed by atoms with Crippen LogP contribution in [0.4, 0.5) is 0 Å². The van der Waals surface area contributed by atoms with Crippen LogP contribution >= 0.6 is 11.3 Å². The molecule has 3 rings (SSSR count). The van der Waals surface area contributed by atoms with Crippen LogP contribution in [0.5, 0.6) is 0 Å². The molecule has 1 aliphatic heterocycles. The van der Waals surface area contributed by atoms with Gasteiger partial charge in [0.15, 0.2) is 0 Å². The van der Waals surface area contributed by atoms with Crippen molar-refractivity contribution in [2.75, 3.05) is 13.1 Å². The molecule has 0 bridgehead atoms. The summed E-state index contributed by atoms with van der Waals surface area (Å²) in [5, 5.41) is 7.31. The maximum absolute atomic E-state index is 4.65. The number of hydrogen-bond acceptors (Lipinski definition) is 4. The lowest BCUT2D eigenvalue weighted by Crippen LogP contribution is -2.62. The Labute approximate surface area is 120 Å². The lowest BCUT2D eigenvalue weighted by atomic mass is 9.91. The van der Waals surface area contributed by atoms with Crippen LogP contribution in [-0.2, 0) is 6.54 Å². The maximum Gasteiger partial charge on any atom is 0.107 e. The molecule has 1 atom stereocenters. The zero-order valence-electron chi connectivity index (χ0n) is 12.1. The summed E-state index contributed by atoms with van der Waals surface area (Å²) in [5.74, 6) is 0. The highest BCUT2D eigenvalue weighted by atomic mass is 32.1. The molecule has 2 aliphatic rings. The van der Waals surface area contributed by atoms with Gasteiger partial charge >= 0.3 is 0 Å². The molecule has 1 unspecified atom stereocenters. The number of aromatic nitrogens is 1. The van der Waals surface area contributed by atoms with Crippen LogP contribution in [0.3, 0.4) is 0 Å². The molecule has 1 saturated carbocycles. The Hall–Kier alpha value is -0.450. The summed E-state index contributed by atoms with van der Waals surface area (Å²) in [6, 6.07) is 0.676. The maximum atomic E-state index is 4.65. The third kappa shape index (κ3) is 2.86. The Morgan fingerprint density at radius 1 is 1.47 bits per heavy atom. The van der Waals surface area contributed by atoms with E-state index in [1.807, 2.05) is 11.3 Å². The van der Waals surface area contributed by atoms with Gasteiger partial charge in [-0.3, -0.25) is 4.90 Å². The Bertz CT molecular complexity index is 423. The SMILES string of the molecule is CCC1CNC2(CCCC2)CN1Cc1nc(C)cs1. The van der Waals surface area contributed by atoms with E-state index in [2.05, 4.69) is 34.4 Å². The smallest absolute Gasteiger partial charge is 0.107 e. The van der Waals surface area contributed by atoms with Crippen molar-refractivity contribution in [1.82, 2.24) is 15.2 Å². The molecule has 1 N–H and O–H groups in total. The van der Waals surface area contributed by atoms with Gasteiger partial charge in [0.2, 0.25) is 0 Å². The number of nitrogens with zero attached hydrogens (tertiary/aromatic N) is 2. The highest BCUT2D eigenvalue weighted by Gasteiger charge is 2.40. The Kier molecular flexibility index (Phi) is 3.92. The topological polar surface area (TPSA) is 28.2 Å². The van der Waals surface area contributed by atoms with Crippen LogP contribution in [0.1, 0.15) is 49.7 Å². The lowest BCUT2D eigenvalue weighted by molar-refractivity contribution is 0.0717. The lowest BCUT2D eigenvalue weighted by Gasteiger charge is -2.46. The fourth-order valence-corrected chi connectivity index (χ4v) is 4.46. The molecule has 19 heavy (non-hydrogen) atoms. The van der Waals surface area contributed by atoms with E-state index in [4.69, 9.17) is 0 Å². The number of nitrogens with one attached hydrogen (secondary N) is 1. The van der Waals surface area contributed by atoms with Crippen molar-refractivity contribution < 1.29 is 0 Å². The van der Waals surface area contributed by atoms with Gasteiger partial charge in [0.25, 0.3) is 0 Å². The van der Waals surface area contributed by atoms with Crippen molar-refractivity contribution >= 4 is 11.3 Å². The first-order chi connectivity index (χ1) is 9.21. The average molecular weight is 279 g/mol. The summed E-state index contributed by atoms with van der Waals surface area (Å²) >= 11 is 1.81. The Morgan fingerprint density at radius 3 is 2.89 bits per heavy atom. The summed E-state index contributed by atoms with van der Waals surface area (Å²) in [5.41, 5.74) is 1.58. The van der Waals surface area contributed by atoms with Crippen LogP contribution in [-0.4, -0.2) is 34.6 Å². The zero-order chi connectivity index (χ0) is 13.3. The standard InChI is InChI=1S/C15H25N3S/c1-3-13-8-16-15(6-4-5-7-15)11-18(13)9-14-17-12(2)10-19-14/h10,13,16H,3-9,11H2,1-2H3. The second-order valence-electron chi connectivity index (χ2n) is 6.22. The third-order valence-corrected chi connectivity index (χ3v) is 5.72. The number of thiazole rings is 1. The quantitative estimate of drug-likeness (QED) is 0.922. The molecule has 2 heterocycles. The summed E-state index contributed by atoms with van der Waals surface area (Å²) in [6.45, 7) is 7.80. The van der Waals surface area contributed by atoms with Gasteiger partial charge in [-0.25, -0.2) is 4.98 Å². The van der Waals surface area contributed by atoms with Gasteiger partial charge < -0.3 is 5.32 Å². The molecule has 3 nitrogen and oxygen atoms in total. The minimum atomic E-state index is 0.415. The van der Waals surface area contributed by atoms with Crippen molar-refractivity contribution in [2.24, 2.45) is 0 Å². The van der Waals surface area contributed by atoms with E-state index in [1.54, 1.807) is 0 Å². The predicted molar refractivity (Wildman–Crippen MR) is 80.5 cm³/mol. The van der Waals surface area contributed by atoms with E-state index in [0.717, 1.165) is 13.1 Å². The van der Waals surface area contributed by atoms with E-state index in [9.17, 15) is 0 Å². The van der Waals surface area contributed by atoms with Crippen molar-refractivity contribution in [1.29, 1.82) is 0 Å². The minimum absolute atomic E-state index is 0.415. The Balaban J connectivity index is 1.71. The fourth-order valence-electron chi connectivity index (χ4n) is 3.66. The highest BCUT2D eigenvalue weighted by molar-refractivity contribution is 7.09. The Morgan fingerprint density at radius 2 is 2.26 bits per heavy atom. The molecule has 106 valence electrons. The number of rotatable bonds is 3. The van der Waals surface area contributed by atoms with Gasteiger partial charge in [0, 0.05) is 35.7 Å². The zero-order valence-corrected chi connectivity index (χ0v) is 12.9. The summed E-state index contributed by atoms with van der Waals surface area (Å²) in [7, 11) is 0. The minimum Gasteiger partial charge on any atom is -0.308 e. The summed E-state index contributed by atoms with van der Waals surface area (Å²) in [4.78, 5) is 7.33. The molecule has 1 aromatic rings. The number of aryl methyl sites for hydroxylation is 1.